The van der Waals surface area contributed by atoms with E-state index in [2.05, 4.69) is 32.7 Å². The average Bonchev–Trinajstić information content (AvgIpc) is 1.89. The molecule has 0 aromatic rings. The summed E-state index contributed by atoms with van der Waals surface area (Å²) in [6.45, 7) is 10.9. The highest BCUT2D eigenvalue weighted by molar-refractivity contribution is 6.83. The summed E-state index contributed by atoms with van der Waals surface area (Å²) in [5, 5.41) is 0. The van der Waals surface area contributed by atoms with E-state index in [1.165, 1.54) is 24.9 Å². The summed E-state index contributed by atoms with van der Waals surface area (Å²) < 4.78 is 0. The fourth-order valence-electron chi connectivity index (χ4n) is 1.47. The minimum Gasteiger partial charge on any atom is -0.107 e. The zero-order valence-corrected chi connectivity index (χ0v) is 8.61. The quantitative estimate of drug-likeness (QED) is 0.533. The summed E-state index contributed by atoms with van der Waals surface area (Å²) in [5.41, 5.74) is 2.25. The van der Waals surface area contributed by atoms with Gasteiger partial charge in [-0.1, -0.05) is 45.3 Å². The second-order valence-corrected chi connectivity index (χ2v) is 8.07. The van der Waals surface area contributed by atoms with Crippen LogP contribution in [-0.2, 0) is 0 Å². The summed E-state index contributed by atoms with van der Waals surface area (Å²) in [6.07, 6.45) is 2.66. The van der Waals surface area contributed by atoms with E-state index in [-0.39, 0.29) is 0 Å². The molecule has 0 heterocycles. The first-order valence-electron chi connectivity index (χ1n) is 4.32. The lowest BCUT2D eigenvalue weighted by Crippen LogP contribution is -2.25. The SMILES string of the molecule is C=C[Si](C)(CCC)CCC. The Morgan fingerprint density at radius 1 is 1.20 bits per heavy atom. The standard InChI is InChI=1S/C9H20Si/c1-5-8-10(4,7-3)9-6-2/h7H,3,5-6,8-9H2,1-2,4H3. The van der Waals surface area contributed by atoms with Crippen molar-refractivity contribution in [2.45, 2.75) is 45.3 Å². The van der Waals surface area contributed by atoms with Gasteiger partial charge in [0, 0.05) is 0 Å². The summed E-state index contributed by atoms with van der Waals surface area (Å²) in [6, 6.07) is 2.84. The largest absolute Gasteiger partial charge is 0.107 e. The topological polar surface area (TPSA) is 0 Å². The minimum absolute atomic E-state index is 0.959. The van der Waals surface area contributed by atoms with E-state index in [0.29, 0.717) is 0 Å². The maximum absolute atomic E-state index is 3.93. The monoisotopic (exact) mass is 156 g/mol. The third-order valence-electron chi connectivity index (χ3n) is 2.14. The van der Waals surface area contributed by atoms with Gasteiger partial charge in [0.25, 0.3) is 0 Å². The van der Waals surface area contributed by atoms with Crippen molar-refractivity contribution < 1.29 is 0 Å². The van der Waals surface area contributed by atoms with E-state index in [1.54, 1.807) is 0 Å². The molecule has 0 saturated carbocycles. The smallest absolute Gasteiger partial charge is 0.0739 e. The van der Waals surface area contributed by atoms with Gasteiger partial charge in [-0.2, -0.15) is 0 Å². The maximum atomic E-state index is 3.93. The highest BCUT2D eigenvalue weighted by atomic mass is 28.3. The molecule has 0 bridgehead atoms. The lowest BCUT2D eigenvalue weighted by molar-refractivity contribution is 0.990. The summed E-state index contributed by atoms with van der Waals surface area (Å²) in [5.74, 6) is 0. The van der Waals surface area contributed by atoms with Crippen molar-refractivity contribution in [3.05, 3.63) is 12.3 Å². The Kier molecular flexibility index (Phi) is 4.70. The molecule has 0 spiro atoms. The van der Waals surface area contributed by atoms with Crippen molar-refractivity contribution in [2.75, 3.05) is 0 Å². The highest BCUT2D eigenvalue weighted by Crippen LogP contribution is 2.19. The van der Waals surface area contributed by atoms with Gasteiger partial charge in [-0.05, 0) is 0 Å². The van der Waals surface area contributed by atoms with Gasteiger partial charge in [-0.3, -0.25) is 0 Å². The molecule has 0 nitrogen and oxygen atoms in total. The molecular weight excluding hydrogens is 136 g/mol. The van der Waals surface area contributed by atoms with Crippen LogP contribution in [-0.4, -0.2) is 8.07 Å². The van der Waals surface area contributed by atoms with Gasteiger partial charge in [0.05, 0.1) is 8.07 Å². The van der Waals surface area contributed by atoms with Crippen LogP contribution in [0.25, 0.3) is 0 Å². The summed E-state index contributed by atoms with van der Waals surface area (Å²) in [7, 11) is -0.959. The van der Waals surface area contributed by atoms with Crippen LogP contribution in [0.4, 0.5) is 0 Å². The average molecular weight is 156 g/mol. The molecule has 0 rings (SSSR count). The lowest BCUT2D eigenvalue weighted by atomic mass is 10.6. The maximum Gasteiger partial charge on any atom is 0.0739 e. The van der Waals surface area contributed by atoms with Gasteiger partial charge in [0.15, 0.2) is 0 Å². The molecule has 60 valence electrons. The van der Waals surface area contributed by atoms with E-state index in [9.17, 15) is 0 Å². The van der Waals surface area contributed by atoms with E-state index in [1.807, 2.05) is 0 Å². The van der Waals surface area contributed by atoms with Crippen molar-refractivity contribution in [1.82, 2.24) is 0 Å². The van der Waals surface area contributed by atoms with Crippen molar-refractivity contribution in [2.24, 2.45) is 0 Å². The van der Waals surface area contributed by atoms with E-state index in [0.717, 1.165) is 0 Å². The molecule has 0 amide bonds. The molecule has 0 saturated heterocycles. The van der Waals surface area contributed by atoms with Gasteiger partial charge in [-0.15, -0.1) is 12.3 Å². The van der Waals surface area contributed by atoms with E-state index >= 15 is 0 Å². The highest BCUT2D eigenvalue weighted by Gasteiger charge is 2.19. The second-order valence-electron chi connectivity index (χ2n) is 3.36. The number of hydrogen-bond donors (Lipinski definition) is 0. The van der Waals surface area contributed by atoms with Gasteiger partial charge >= 0.3 is 0 Å². The Bertz CT molecular complexity index is 90.9. The van der Waals surface area contributed by atoms with Crippen molar-refractivity contribution >= 4 is 8.07 Å². The number of hydrogen-bond acceptors (Lipinski definition) is 0. The van der Waals surface area contributed by atoms with Crippen molar-refractivity contribution in [1.29, 1.82) is 0 Å². The van der Waals surface area contributed by atoms with Gasteiger partial charge in [0.1, 0.15) is 0 Å². The van der Waals surface area contributed by atoms with Gasteiger partial charge in [-0.25, -0.2) is 0 Å². The van der Waals surface area contributed by atoms with Crippen molar-refractivity contribution in [3.63, 3.8) is 0 Å². The second kappa shape index (κ2) is 4.72. The van der Waals surface area contributed by atoms with Crippen LogP contribution in [0.1, 0.15) is 26.7 Å². The van der Waals surface area contributed by atoms with Crippen LogP contribution in [0, 0.1) is 0 Å². The Balaban J connectivity index is 3.81. The Labute approximate surface area is 66.4 Å². The minimum atomic E-state index is -0.959. The molecule has 0 aromatic carbocycles. The normalized spacial score (nSPS) is 11.5. The number of rotatable bonds is 5. The molecule has 0 atom stereocenters. The molecule has 0 aliphatic carbocycles. The van der Waals surface area contributed by atoms with Crippen LogP contribution >= 0.6 is 0 Å². The molecule has 0 aliphatic heterocycles. The Morgan fingerprint density at radius 3 is 1.80 bits per heavy atom. The van der Waals surface area contributed by atoms with Crippen LogP contribution in [0.2, 0.25) is 18.6 Å². The first-order valence-corrected chi connectivity index (χ1v) is 7.31. The molecule has 0 N–H and O–H groups in total. The third kappa shape index (κ3) is 3.21. The van der Waals surface area contributed by atoms with E-state index in [4.69, 9.17) is 0 Å². The fraction of sp³-hybridized carbons (Fsp3) is 0.778. The Morgan fingerprint density at radius 2 is 1.60 bits per heavy atom. The van der Waals surface area contributed by atoms with E-state index < -0.39 is 8.07 Å². The molecule has 0 aromatic heterocycles. The summed E-state index contributed by atoms with van der Waals surface area (Å²) >= 11 is 0. The molecular formula is C9H20Si. The first-order chi connectivity index (χ1) is 4.68. The van der Waals surface area contributed by atoms with Crippen LogP contribution in [0.3, 0.4) is 0 Å². The zero-order valence-electron chi connectivity index (χ0n) is 7.61. The molecule has 1 heteroatoms. The molecule has 10 heavy (non-hydrogen) atoms. The van der Waals surface area contributed by atoms with Crippen LogP contribution in [0.15, 0.2) is 12.3 Å². The molecule has 0 aliphatic rings. The predicted octanol–water partition coefficient (Wildman–Crippen LogP) is 3.61. The molecule has 0 unspecified atom stereocenters. The first kappa shape index (κ1) is 9.96. The van der Waals surface area contributed by atoms with Crippen LogP contribution < -0.4 is 0 Å². The molecule has 0 fully saturated rings. The zero-order chi connectivity index (χ0) is 8.04. The Hall–Kier alpha value is -0.0431. The summed E-state index contributed by atoms with van der Waals surface area (Å²) in [4.78, 5) is 0. The lowest BCUT2D eigenvalue weighted by Gasteiger charge is -2.21. The molecule has 0 radical (unpaired) electrons. The predicted molar refractivity (Wildman–Crippen MR) is 52.0 cm³/mol. The third-order valence-corrected chi connectivity index (χ3v) is 6.41. The van der Waals surface area contributed by atoms with Crippen LogP contribution in [0.5, 0.6) is 0 Å². The van der Waals surface area contributed by atoms with Gasteiger partial charge in [0.2, 0.25) is 0 Å². The fourth-order valence-corrected chi connectivity index (χ4v) is 4.41. The van der Waals surface area contributed by atoms with Crippen molar-refractivity contribution in [3.8, 4) is 0 Å². The van der Waals surface area contributed by atoms with Gasteiger partial charge < -0.3 is 0 Å².